The predicted octanol–water partition coefficient (Wildman–Crippen LogP) is 1.03. The van der Waals surface area contributed by atoms with Gasteiger partial charge in [0.25, 0.3) is 5.91 Å². The minimum Gasteiger partial charge on any atom is -0.454 e. The van der Waals surface area contributed by atoms with Crippen LogP contribution in [0.25, 0.3) is 0 Å². The fraction of sp³-hybridized carbons (Fsp3) is 0.143. The molecular weight excluding hydrogens is 272 g/mol. The number of ether oxygens (including phenoxy) is 2. The second-order valence-corrected chi connectivity index (χ2v) is 4.45. The normalized spacial score (nSPS) is 12.0. The number of anilines is 1. The Morgan fingerprint density at radius 3 is 2.86 bits per heavy atom. The van der Waals surface area contributed by atoms with Gasteiger partial charge in [0.1, 0.15) is 5.69 Å². The van der Waals surface area contributed by atoms with Gasteiger partial charge >= 0.3 is 0 Å². The minimum atomic E-state index is -0.253. The number of nitrogens with zero attached hydrogens (tertiary/aromatic N) is 1. The molecule has 0 atom stereocenters. The van der Waals surface area contributed by atoms with Gasteiger partial charge < -0.3 is 20.2 Å². The van der Waals surface area contributed by atoms with Crippen LogP contribution in [0.15, 0.2) is 36.5 Å². The first-order valence-corrected chi connectivity index (χ1v) is 6.35. The van der Waals surface area contributed by atoms with Crippen LogP contribution in [0, 0.1) is 0 Å². The highest BCUT2D eigenvalue weighted by Crippen LogP contribution is 2.32. The third-order valence-corrected chi connectivity index (χ3v) is 3.05. The first-order valence-electron chi connectivity index (χ1n) is 6.35. The van der Waals surface area contributed by atoms with Gasteiger partial charge in [0.2, 0.25) is 6.79 Å². The quantitative estimate of drug-likeness (QED) is 0.573. The Labute approximate surface area is 121 Å². The number of hydrazine groups is 1. The van der Waals surface area contributed by atoms with Crippen LogP contribution in [0.1, 0.15) is 16.1 Å². The molecule has 0 aliphatic carbocycles. The van der Waals surface area contributed by atoms with Crippen molar-refractivity contribution < 1.29 is 14.3 Å². The van der Waals surface area contributed by atoms with Crippen molar-refractivity contribution >= 4 is 11.6 Å². The molecular formula is C14H14N4O3. The molecule has 1 aliphatic rings. The zero-order chi connectivity index (χ0) is 14.7. The third kappa shape index (κ3) is 2.87. The molecule has 2 heterocycles. The fourth-order valence-corrected chi connectivity index (χ4v) is 1.94. The van der Waals surface area contributed by atoms with E-state index in [9.17, 15) is 4.79 Å². The number of nitrogens with two attached hydrogens (primary N) is 1. The summed E-state index contributed by atoms with van der Waals surface area (Å²) in [6.45, 7) is 0.616. The van der Waals surface area contributed by atoms with Crippen molar-refractivity contribution in [2.45, 2.75) is 6.54 Å². The SMILES string of the molecule is NNc1ccc(C(=O)NCc2ccc3c(c2)OCO3)nc1. The number of carbonyl (C=O) groups is 1. The van der Waals surface area contributed by atoms with Gasteiger partial charge in [0, 0.05) is 6.54 Å². The van der Waals surface area contributed by atoms with Crippen molar-refractivity contribution in [1.82, 2.24) is 10.3 Å². The largest absolute Gasteiger partial charge is 0.454 e. The number of hydrogen-bond donors (Lipinski definition) is 3. The molecule has 0 fully saturated rings. The molecule has 108 valence electrons. The van der Waals surface area contributed by atoms with E-state index in [-0.39, 0.29) is 12.7 Å². The molecule has 0 saturated carbocycles. The zero-order valence-electron chi connectivity index (χ0n) is 11.1. The summed E-state index contributed by atoms with van der Waals surface area (Å²) in [7, 11) is 0. The number of nitrogen functional groups attached to an aromatic ring is 1. The molecule has 4 N–H and O–H groups in total. The molecule has 1 aromatic heterocycles. The highest BCUT2D eigenvalue weighted by Gasteiger charge is 2.13. The number of carbonyl (C=O) groups excluding carboxylic acids is 1. The van der Waals surface area contributed by atoms with Gasteiger partial charge in [-0.2, -0.15) is 0 Å². The van der Waals surface area contributed by atoms with E-state index < -0.39 is 0 Å². The van der Waals surface area contributed by atoms with Crippen LogP contribution in [0.3, 0.4) is 0 Å². The van der Waals surface area contributed by atoms with Crippen molar-refractivity contribution in [2.75, 3.05) is 12.2 Å². The van der Waals surface area contributed by atoms with Crippen LogP contribution in [-0.2, 0) is 6.54 Å². The van der Waals surface area contributed by atoms with Gasteiger partial charge in [-0.3, -0.25) is 10.6 Å². The van der Waals surface area contributed by atoms with E-state index in [2.05, 4.69) is 15.7 Å². The molecule has 0 unspecified atom stereocenters. The highest BCUT2D eigenvalue weighted by molar-refractivity contribution is 5.92. The Hall–Kier alpha value is -2.80. The molecule has 1 aromatic carbocycles. The van der Waals surface area contributed by atoms with Crippen molar-refractivity contribution in [3.05, 3.63) is 47.8 Å². The number of amides is 1. The average Bonchev–Trinajstić information content (AvgIpc) is 3.00. The molecule has 1 amide bonds. The van der Waals surface area contributed by atoms with E-state index >= 15 is 0 Å². The Balaban J connectivity index is 1.62. The zero-order valence-corrected chi connectivity index (χ0v) is 11.1. The maximum atomic E-state index is 12.0. The van der Waals surface area contributed by atoms with Crippen molar-refractivity contribution in [3.8, 4) is 11.5 Å². The lowest BCUT2D eigenvalue weighted by molar-refractivity contribution is 0.0946. The van der Waals surface area contributed by atoms with E-state index in [1.807, 2.05) is 18.2 Å². The number of nitrogens with one attached hydrogen (secondary N) is 2. The molecule has 3 rings (SSSR count). The predicted molar refractivity (Wildman–Crippen MR) is 75.8 cm³/mol. The number of hydrogen-bond acceptors (Lipinski definition) is 6. The van der Waals surface area contributed by atoms with E-state index in [4.69, 9.17) is 15.3 Å². The minimum absolute atomic E-state index is 0.233. The third-order valence-electron chi connectivity index (χ3n) is 3.05. The van der Waals surface area contributed by atoms with Gasteiger partial charge in [0.15, 0.2) is 11.5 Å². The molecule has 0 spiro atoms. The average molecular weight is 286 g/mol. The van der Waals surface area contributed by atoms with Gasteiger partial charge in [0.05, 0.1) is 11.9 Å². The highest BCUT2D eigenvalue weighted by atomic mass is 16.7. The summed E-state index contributed by atoms with van der Waals surface area (Å²) in [6, 6.07) is 8.83. The second-order valence-electron chi connectivity index (χ2n) is 4.45. The van der Waals surface area contributed by atoms with Crippen LogP contribution in [0.2, 0.25) is 0 Å². The van der Waals surface area contributed by atoms with Crippen LogP contribution in [0.4, 0.5) is 5.69 Å². The van der Waals surface area contributed by atoms with Crippen molar-refractivity contribution in [2.24, 2.45) is 5.84 Å². The topological polar surface area (TPSA) is 98.5 Å². The molecule has 7 nitrogen and oxygen atoms in total. The molecule has 2 aromatic rings. The molecule has 7 heteroatoms. The van der Waals surface area contributed by atoms with E-state index in [1.54, 1.807) is 12.1 Å². The van der Waals surface area contributed by atoms with Crippen LogP contribution in [0.5, 0.6) is 11.5 Å². The number of fused-ring (bicyclic) bond motifs is 1. The van der Waals surface area contributed by atoms with Gasteiger partial charge in [-0.05, 0) is 29.8 Å². The lowest BCUT2D eigenvalue weighted by Crippen LogP contribution is -2.23. The number of benzene rings is 1. The Bertz CT molecular complexity index is 658. The molecule has 0 radical (unpaired) electrons. The molecule has 0 bridgehead atoms. The van der Waals surface area contributed by atoms with E-state index in [1.165, 1.54) is 6.20 Å². The summed E-state index contributed by atoms with van der Waals surface area (Å²) >= 11 is 0. The van der Waals surface area contributed by atoms with Gasteiger partial charge in [-0.25, -0.2) is 4.98 Å². The Kier molecular flexibility index (Phi) is 3.57. The van der Waals surface area contributed by atoms with Crippen LogP contribution in [-0.4, -0.2) is 17.7 Å². The maximum Gasteiger partial charge on any atom is 0.270 e. The lowest BCUT2D eigenvalue weighted by Gasteiger charge is -2.06. The molecule has 21 heavy (non-hydrogen) atoms. The number of rotatable bonds is 4. The Morgan fingerprint density at radius 1 is 1.24 bits per heavy atom. The van der Waals surface area contributed by atoms with Crippen LogP contribution >= 0.6 is 0 Å². The molecule has 1 aliphatic heterocycles. The summed E-state index contributed by atoms with van der Waals surface area (Å²) in [5.41, 5.74) is 4.35. The smallest absolute Gasteiger partial charge is 0.270 e. The summed E-state index contributed by atoms with van der Waals surface area (Å²) in [4.78, 5) is 16.0. The fourth-order valence-electron chi connectivity index (χ4n) is 1.94. The van der Waals surface area contributed by atoms with E-state index in [0.717, 1.165) is 11.3 Å². The number of pyridine rings is 1. The molecule has 0 saturated heterocycles. The van der Waals surface area contributed by atoms with E-state index in [0.29, 0.717) is 23.7 Å². The Morgan fingerprint density at radius 2 is 2.10 bits per heavy atom. The summed E-state index contributed by atoms with van der Waals surface area (Å²) in [6.07, 6.45) is 1.50. The second kappa shape index (κ2) is 5.68. The first kappa shape index (κ1) is 13.2. The van der Waals surface area contributed by atoms with Crippen molar-refractivity contribution in [3.63, 3.8) is 0 Å². The number of aromatic nitrogens is 1. The summed E-state index contributed by atoms with van der Waals surface area (Å²) in [5, 5.41) is 2.79. The lowest BCUT2D eigenvalue weighted by atomic mass is 10.2. The van der Waals surface area contributed by atoms with Gasteiger partial charge in [-0.1, -0.05) is 6.07 Å². The monoisotopic (exact) mass is 286 g/mol. The summed E-state index contributed by atoms with van der Waals surface area (Å²) in [5.74, 6) is 6.40. The first-order chi connectivity index (χ1) is 10.3. The van der Waals surface area contributed by atoms with Crippen LogP contribution < -0.4 is 26.1 Å². The van der Waals surface area contributed by atoms with Gasteiger partial charge in [-0.15, -0.1) is 0 Å². The van der Waals surface area contributed by atoms with Crippen molar-refractivity contribution in [1.29, 1.82) is 0 Å². The maximum absolute atomic E-state index is 12.0. The summed E-state index contributed by atoms with van der Waals surface area (Å²) < 4.78 is 10.5. The standard InChI is InChI=1S/C14H14N4O3/c15-18-10-2-3-11(16-7-10)14(19)17-6-9-1-4-12-13(5-9)21-8-20-12/h1-5,7,18H,6,8,15H2,(H,17,19).